The lowest BCUT2D eigenvalue weighted by Gasteiger charge is -1.74. The Morgan fingerprint density at radius 3 is 3.11 bits per heavy atom. The van der Waals surface area contributed by atoms with Crippen LogP contribution in [0.3, 0.4) is 0 Å². The van der Waals surface area contributed by atoms with Crippen LogP contribution in [0.15, 0.2) is 22.9 Å². The molecule has 0 fully saturated rings. The molecule has 0 radical (unpaired) electrons. The summed E-state index contributed by atoms with van der Waals surface area (Å²) in [6.45, 7) is 0. The van der Waals surface area contributed by atoms with Crippen molar-refractivity contribution in [3.63, 3.8) is 0 Å². The Kier molecular flexibility index (Phi) is 2.06. The Labute approximate surface area is 57.9 Å². The van der Waals surface area contributed by atoms with Crippen molar-refractivity contribution >= 4 is 17.4 Å². The standard InChI is InChI=1S/C7H5NS/c8-4-1-2-7-3-5-9-6-7/h1-3,5-6H/b2-1-. The van der Waals surface area contributed by atoms with Gasteiger partial charge in [-0.15, -0.1) is 0 Å². The number of nitrogens with zero attached hydrogens (tertiary/aromatic N) is 1. The van der Waals surface area contributed by atoms with Crippen LogP contribution in [0.5, 0.6) is 0 Å². The first-order chi connectivity index (χ1) is 4.43. The van der Waals surface area contributed by atoms with Crippen LogP contribution in [-0.4, -0.2) is 0 Å². The molecule has 1 heterocycles. The molecular weight excluding hydrogens is 130 g/mol. The van der Waals surface area contributed by atoms with E-state index in [-0.39, 0.29) is 0 Å². The van der Waals surface area contributed by atoms with Crippen LogP contribution in [0.25, 0.3) is 6.08 Å². The van der Waals surface area contributed by atoms with Crippen molar-refractivity contribution < 1.29 is 0 Å². The second-order valence-corrected chi connectivity index (χ2v) is 2.30. The van der Waals surface area contributed by atoms with Gasteiger partial charge in [0.2, 0.25) is 0 Å². The van der Waals surface area contributed by atoms with E-state index in [0.29, 0.717) is 0 Å². The minimum Gasteiger partial charge on any atom is -0.193 e. The molecule has 1 nitrogen and oxygen atoms in total. The van der Waals surface area contributed by atoms with E-state index in [0.717, 1.165) is 5.56 Å². The van der Waals surface area contributed by atoms with Gasteiger partial charge in [-0.25, -0.2) is 0 Å². The molecule has 1 aromatic rings. The molecule has 0 aliphatic rings. The Morgan fingerprint density at radius 2 is 2.56 bits per heavy atom. The van der Waals surface area contributed by atoms with Gasteiger partial charge >= 0.3 is 0 Å². The highest BCUT2D eigenvalue weighted by molar-refractivity contribution is 7.08. The monoisotopic (exact) mass is 135 g/mol. The minimum absolute atomic E-state index is 1.10. The summed E-state index contributed by atoms with van der Waals surface area (Å²) in [5, 5.41) is 12.1. The van der Waals surface area contributed by atoms with E-state index in [2.05, 4.69) is 0 Å². The minimum atomic E-state index is 1.10. The van der Waals surface area contributed by atoms with Crippen LogP contribution in [0, 0.1) is 11.3 Å². The van der Waals surface area contributed by atoms with Gasteiger partial charge in [0, 0.05) is 6.08 Å². The molecule has 0 N–H and O–H groups in total. The highest BCUT2D eigenvalue weighted by atomic mass is 32.1. The van der Waals surface area contributed by atoms with Gasteiger partial charge in [0.15, 0.2) is 0 Å². The molecule has 0 aliphatic carbocycles. The summed E-state index contributed by atoms with van der Waals surface area (Å²) in [7, 11) is 0. The van der Waals surface area contributed by atoms with Crippen LogP contribution in [0.4, 0.5) is 0 Å². The third kappa shape index (κ3) is 1.71. The SMILES string of the molecule is N#C/C=C\c1ccsc1. The van der Waals surface area contributed by atoms with Crippen LogP contribution < -0.4 is 0 Å². The maximum atomic E-state index is 8.13. The number of thiophene rings is 1. The van der Waals surface area contributed by atoms with Crippen molar-refractivity contribution in [2.24, 2.45) is 0 Å². The molecule has 0 unspecified atom stereocenters. The van der Waals surface area contributed by atoms with Crippen molar-refractivity contribution in [1.29, 1.82) is 5.26 Å². The zero-order valence-electron chi connectivity index (χ0n) is 4.74. The molecule has 0 amide bonds. The summed E-state index contributed by atoms with van der Waals surface area (Å²) < 4.78 is 0. The summed E-state index contributed by atoms with van der Waals surface area (Å²) in [6, 6.07) is 3.90. The predicted molar refractivity (Wildman–Crippen MR) is 39.0 cm³/mol. The van der Waals surface area contributed by atoms with Gasteiger partial charge < -0.3 is 0 Å². The maximum absolute atomic E-state index is 8.13. The van der Waals surface area contributed by atoms with Crippen molar-refractivity contribution in [2.45, 2.75) is 0 Å². The fourth-order valence-electron chi connectivity index (χ4n) is 0.503. The second kappa shape index (κ2) is 3.06. The zero-order chi connectivity index (χ0) is 6.53. The lowest BCUT2D eigenvalue weighted by molar-refractivity contribution is 1.54. The summed E-state index contributed by atoms with van der Waals surface area (Å²) in [4.78, 5) is 0. The van der Waals surface area contributed by atoms with Gasteiger partial charge in [-0.1, -0.05) is 0 Å². The first kappa shape index (κ1) is 6.06. The van der Waals surface area contributed by atoms with Crippen molar-refractivity contribution in [1.82, 2.24) is 0 Å². The molecule has 2 heteroatoms. The van der Waals surface area contributed by atoms with Gasteiger partial charge in [-0.3, -0.25) is 0 Å². The Balaban J connectivity index is 2.71. The highest BCUT2D eigenvalue weighted by Crippen LogP contribution is 2.06. The number of rotatable bonds is 1. The number of hydrogen-bond donors (Lipinski definition) is 0. The molecule has 0 aliphatic heterocycles. The topological polar surface area (TPSA) is 23.8 Å². The predicted octanol–water partition coefficient (Wildman–Crippen LogP) is 2.28. The molecule has 1 rings (SSSR count). The molecule has 44 valence electrons. The third-order valence-electron chi connectivity index (χ3n) is 0.894. The second-order valence-electron chi connectivity index (χ2n) is 1.52. The Hall–Kier alpha value is -1.07. The van der Waals surface area contributed by atoms with Gasteiger partial charge in [0.05, 0.1) is 6.07 Å². The molecule has 0 spiro atoms. The third-order valence-corrected chi connectivity index (χ3v) is 1.59. The van der Waals surface area contributed by atoms with Gasteiger partial charge in [-0.05, 0) is 28.5 Å². The molecule has 9 heavy (non-hydrogen) atoms. The Morgan fingerprint density at radius 1 is 1.67 bits per heavy atom. The summed E-state index contributed by atoms with van der Waals surface area (Å²) in [5.41, 5.74) is 1.10. The lowest BCUT2D eigenvalue weighted by atomic mass is 10.3. The number of hydrogen-bond acceptors (Lipinski definition) is 2. The van der Waals surface area contributed by atoms with Crippen molar-refractivity contribution in [3.05, 3.63) is 28.5 Å². The first-order valence-corrected chi connectivity index (χ1v) is 3.46. The van der Waals surface area contributed by atoms with Gasteiger partial charge in [0.1, 0.15) is 0 Å². The largest absolute Gasteiger partial charge is 0.193 e. The number of allylic oxidation sites excluding steroid dienone is 1. The molecule has 0 aromatic carbocycles. The van der Waals surface area contributed by atoms with E-state index < -0.39 is 0 Å². The van der Waals surface area contributed by atoms with Crippen LogP contribution >= 0.6 is 11.3 Å². The van der Waals surface area contributed by atoms with Crippen LogP contribution in [0.2, 0.25) is 0 Å². The Bertz CT molecular complexity index is 228. The fourth-order valence-corrected chi connectivity index (χ4v) is 1.13. The number of nitriles is 1. The maximum Gasteiger partial charge on any atom is 0.0912 e. The van der Waals surface area contributed by atoms with E-state index in [9.17, 15) is 0 Å². The van der Waals surface area contributed by atoms with Crippen LogP contribution in [0.1, 0.15) is 5.56 Å². The van der Waals surface area contributed by atoms with E-state index in [4.69, 9.17) is 5.26 Å². The van der Waals surface area contributed by atoms with E-state index in [1.54, 1.807) is 17.4 Å². The fraction of sp³-hybridized carbons (Fsp3) is 0. The smallest absolute Gasteiger partial charge is 0.0912 e. The average Bonchev–Trinajstić information content (AvgIpc) is 2.34. The quantitative estimate of drug-likeness (QED) is 0.542. The molecule has 0 bridgehead atoms. The summed E-state index contributed by atoms with van der Waals surface area (Å²) in [5.74, 6) is 0. The molecule has 0 atom stereocenters. The van der Waals surface area contributed by atoms with Gasteiger partial charge in [-0.2, -0.15) is 16.6 Å². The van der Waals surface area contributed by atoms with E-state index in [1.165, 1.54) is 6.08 Å². The first-order valence-electron chi connectivity index (χ1n) is 2.52. The van der Waals surface area contributed by atoms with E-state index >= 15 is 0 Å². The molecule has 0 saturated carbocycles. The summed E-state index contributed by atoms with van der Waals surface area (Å²) in [6.07, 6.45) is 3.26. The zero-order valence-corrected chi connectivity index (χ0v) is 5.56. The normalized spacial score (nSPS) is 9.67. The van der Waals surface area contributed by atoms with E-state index in [1.807, 2.05) is 22.9 Å². The van der Waals surface area contributed by atoms with Crippen molar-refractivity contribution in [3.8, 4) is 6.07 Å². The van der Waals surface area contributed by atoms with Crippen molar-refractivity contribution in [2.75, 3.05) is 0 Å². The lowest BCUT2D eigenvalue weighted by Crippen LogP contribution is -1.55. The summed E-state index contributed by atoms with van der Waals surface area (Å²) >= 11 is 1.63. The highest BCUT2D eigenvalue weighted by Gasteiger charge is 1.81. The molecule has 1 aromatic heterocycles. The van der Waals surface area contributed by atoms with Crippen LogP contribution in [-0.2, 0) is 0 Å². The van der Waals surface area contributed by atoms with Gasteiger partial charge in [0.25, 0.3) is 0 Å². The molecular formula is C7H5NS. The molecule has 0 saturated heterocycles. The average molecular weight is 135 g/mol.